The molecule has 0 bridgehead atoms. The summed E-state index contributed by atoms with van der Waals surface area (Å²) in [5, 5.41) is 7.54. The summed E-state index contributed by atoms with van der Waals surface area (Å²) in [5.41, 5.74) is 0.0532. The molecule has 0 spiro atoms. The van der Waals surface area contributed by atoms with Gasteiger partial charge in [0, 0.05) is 32.7 Å². The fourth-order valence-electron chi connectivity index (χ4n) is 4.25. The van der Waals surface area contributed by atoms with Crippen molar-refractivity contribution < 1.29 is 50.8 Å². The predicted octanol–water partition coefficient (Wildman–Crippen LogP) is -0.104. The first-order valence-corrected chi connectivity index (χ1v) is 14.7. The molecule has 15 nitrogen and oxygen atoms in total. The van der Waals surface area contributed by atoms with Gasteiger partial charge in [-0.25, -0.2) is 0 Å². The Kier molecular flexibility index (Phi) is 14.7. The van der Waals surface area contributed by atoms with E-state index in [1.807, 2.05) is 0 Å². The molecule has 16 heteroatoms. The summed E-state index contributed by atoms with van der Waals surface area (Å²) in [4.78, 5) is 73.9. The lowest BCUT2D eigenvalue weighted by Gasteiger charge is -2.27. The third kappa shape index (κ3) is 10.8. The van der Waals surface area contributed by atoms with Crippen molar-refractivity contribution in [1.29, 1.82) is 0 Å². The van der Waals surface area contributed by atoms with Crippen LogP contribution in [0, 0.1) is 0 Å². The van der Waals surface area contributed by atoms with E-state index in [-0.39, 0.29) is 48.8 Å². The van der Waals surface area contributed by atoms with Crippen LogP contribution in [0.1, 0.15) is 46.4 Å². The Morgan fingerprint density at radius 1 is 0.860 bits per heavy atom. The molecule has 2 heterocycles. The highest BCUT2D eigenvalue weighted by molar-refractivity contribution is 14.1. The third-order valence-corrected chi connectivity index (χ3v) is 6.60. The van der Waals surface area contributed by atoms with Crippen molar-refractivity contribution in [2.75, 3.05) is 65.9 Å². The summed E-state index contributed by atoms with van der Waals surface area (Å²) >= 11 is 1.66. The summed E-state index contributed by atoms with van der Waals surface area (Å²) in [6.07, 6.45) is 1.31. The van der Waals surface area contributed by atoms with Crippen molar-refractivity contribution in [1.82, 2.24) is 20.9 Å². The first-order chi connectivity index (χ1) is 20.8. The van der Waals surface area contributed by atoms with Gasteiger partial charge in [-0.15, -0.1) is 0 Å². The highest BCUT2D eigenvalue weighted by atomic mass is 127. The van der Waals surface area contributed by atoms with E-state index < -0.39 is 35.6 Å². The van der Waals surface area contributed by atoms with Crippen LogP contribution >= 0.6 is 23.0 Å². The first kappa shape index (κ1) is 34.3. The average Bonchev–Trinajstić information content (AvgIpc) is 3.24. The number of nitrogens with one attached hydrogen (secondary N) is 3. The SMILES string of the molecule is O=C(COI)NCCCOCCOCCOCCCNC(=O)COc1cccc2c1C(=O)N(C1CCC(=O)NC1=O)C2=O. The highest BCUT2D eigenvalue weighted by Gasteiger charge is 2.46. The number of carbonyl (C=O) groups excluding carboxylic acids is 6. The fraction of sp³-hybridized carbons (Fsp3) is 0.556. The molecule has 3 rings (SSSR count). The van der Waals surface area contributed by atoms with Crippen LogP contribution in [-0.4, -0.2) is 112 Å². The standard InChI is InChI=1S/C27H35IN4O11/c28-43-17-23(35)30-9-3-11-40-13-15-41-14-12-39-10-2-8-29-22(34)16-42-20-5-1-4-18-24(20)27(38)32(26(18)37)19-6-7-21(33)31-25(19)36/h1,4-5,19H,2-3,6-17H2,(H,29,34)(H,30,35)(H,31,33,36). The van der Waals surface area contributed by atoms with Crippen molar-refractivity contribution in [2.45, 2.75) is 31.7 Å². The lowest BCUT2D eigenvalue weighted by molar-refractivity contribution is -0.136. The molecule has 0 radical (unpaired) electrons. The minimum absolute atomic E-state index is 0.0167. The number of piperidine rings is 1. The number of rotatable bonds is 20. The monoisotopic (exact) mass is 718 g/mol. The van der Waals surface area contributed by atoms with Gasteiger partial charge in [0.1, 0.15) is 41.4 Å². The van der Waals surface area contributed by atoms with E-state index >= 15 is 0 Å². The molecule has 2 aliphatic rings. The molecule has 6 amide bonds. The van der Waals surface area contributed by atoms with Crippen molar-refractivity contribution >= 4 is 58.4 Å². The molecule has 1 atom stereocenters. The number of ether oxygens (including phenoxy) is 4. The van der Waals surface area contributed by atoms with Gasteiger partial charge in [0.15, 0.2) is 6.61 Å². The van der Waals surface area contributed by atoms with Crippen LogP contribution in [0.5, 0.6) is 5.75 Å². The van der Waals surface area contributed by atoms with Gasteiger partial charge in [0.25, 0.3) is 17.7 Å². The van der Waals surface area contributed by atoms with E-state index in [1.54, 1.807) is 23.0 Å². The number of nitrogens with zero attached hydrogens (tertiary/aromatic N) is 1. The van der Waals surface area contributed by atoms with Crippen LogP contribution in [-0.2, 0) is 36.5 Å². The first-order valence-electron chi connectivity index (χ1n) is 13.8. The molecule has 43 heavy (non-hydrogen) atoms. The van der Waals surface area contributed by atoms with Crippen LogP contribution in [0.4, 0.5) is 0 Å². The van der Waals surface area contributed by atoms with E-state index in [4.69, 9.17) is 18.9 Å². The second-order valence-electron chi connectivity index (χ2n) is 9.41. The van der Waals surface area contributed by atoms with E-state index in [2.05, 4.69) is 19.0 Å². The van der Waals surface area contributed by atoms with Gasteiger partial charge in [-0.05, 0) is 31.4 Å². The second-order valence-corrected chi connectivity index (χ2v) is 10.0. The Balaban J connectivity index is 1.23. The molecule has 1 unspecified atom stereocenters. The summed E-state index contributed by atoms with van der Waals surface area (Å²) in [7, 11) is 0. The lowest BCUT2D eigenvalue weighted by Crippen LogP contribution is -2.54. The molecule has 0 aromatic heterocycles. The second kappa shape index (κ2) is 18.5. The molecule has 1 aromatic rings. The number of fused-ring (bicyclic) bond motifs is 1. The average molecular weight is 718 g/mol. The van der Waals surface area contributed by atoms with Crippen LogP contribution in [0.2, 0.25) is 0 Å². The smallest absolute Gasteiger partial charge is 0.266 e. The summed E-state index contributed by atoms with van der Waals surface area (Å²) < 4.78 is 26.5. The van der Waals surface area contributed by atoms with Crippen LogP contribution < -0.4 is 20.7 Å². The molecule has 0 saturated carbocycles. The van der Waals surface area contributed by atoms with Crippen molar-refractivity contribution in [3.63, 3.8) is 0 Å². The molecule has 1 aromatic carbocycles. The molecule has 236 valence electrons. The topological polar surface area (TPSA) is 188 Å². The van der Waals surface area contributed by atoms with E-state index in [1.165, 1.54) is 18.2 Å². The number of benzene rings is 1. The third-order valence-electron chi connectivity index (χ3n) is 6.29. The Labute approximate surface area is 262 Å². The van der Waals surface area contributed by atoms with Crippen LogP contribution in [0.25, 0.3) is 0 Å². The molecule has 2 aliphatic heterocycles. The largest absolute Gasteiger partial charge is 0.483 e. The molecule has 0 aliphatic carbocycles. The maximum Gasteiger partial charge on any atom is 0.266 e. The number of carbonyl (C=O) groups is 6. The normalized spacial score (nSPS) is 16.2. The minimum Gasteiger partial charge on any atom is -0.483 e. The van der Waals surface area contributed by atoms with E-state index in [0.717, 1.165) is 4.90 Å². The predicted molar refractivity (Wildman–Crippen MR) is 156 cm³/mol. The zero-order valence-electron chi connectivity index (χ0n) is 23.5. The zero-order valence-corrected chi connectivity index (χ0v) is 25.7. The molecular formula is C27H35IN4O11. The summed E-state index contributed by atoms with van der Waals surface area (Å²) in [6.45, 7) is 3.09. The number of hydrogen-bond donors (Lipinski definition) is 3. The van der Waals surface area contributed by atoms with Gasteiger partial charge < -0.3 is 32.6 Å². The van der Waals surface area contributed by atoms with Gasteiger partial charge in [-0.3, -0.25) is 39.0 Å². The maximum atomic E-state index is 13.1. The van der Waals surface area contributed by atoms with Gasteiger partial charge in [-0.2, -0.15) is 0 Å². The number of halogens is 1. The van der Waals surface area contributed by atoms with E-state index in [0.29, 0.717) is 65.6 Å². The van der Waals surface area contributed by atoms with Gasteiger partial charge in [0.05, 0.1) is 37.6 Å². The van der Waals surface area contributed by atoms with Gasteiger partial charge in [0.2, 0.25) is 17.7 Å². The van der Waals surface area contributed by atoms with Crippen molar-refractivity contribution in [3.05, 3.63) is 29.3 Å². The Morgan fingerprint density at radius 3 is 2.07 bits per heavy atom. The Morgan fingerprint density at radius 2 is 1.47 bits per heavy atom. The van der Waals surface area contributed by atoms with Crippen LogP contribution in [0.15, 0.2) is 18.2 Å². The quantitative estimate of drug-likeness (QED) is 0.0928. The van der Waals surface area contributed by atoms with Gasteiger partial charge >= 0.3 is 0 Å². The van der Waals surface area contributed by atoms with Crippen molar-refractivity contribution in [2.24, 2.45) is 0 Å². The van der Waals surface area contributed by atoms with Crippen molar-refractivity contribution in [3.8, 4) is 5.75 Å². The number of hydrogen-bond acceptors (Lipinski definition) is 11. The van der Waals surface area contributed by atoms with Crippen LogP contribution in [0.3, 0.4) is 0 Å². The number of imide groups is 2. The lowest BCUT2D eigenvalue weighted by atomic mass is 10.0. The van der Waals surface area contributed by atoms with E-state index in [9.17, 15) is 28.8 Å². The zero-order chi connectivity index (χ0) is 31.0. The minimum atomic E-state index is -1.09. The molecular weight excluding hydrogens is 683 g/mol. The fourth-order valence-corrected chi connectivity index (χ4v) is 4.53. The van der Waals surface area contributed by atoms with Gasteiger partial charge in [-0.1, -0.05) is 6.07 Å². The highest BCUT2D eigenvalue weighted by Crippen LogP contribution is 2.33. The Bertz CT molecular complexity index is 1170. The number of amides is 6. The summed E-state index contributed by atoms with van der Waals surface area (Å²) in [5.74, 6) is -3.05. The molecule has 1 saturated heterocycles. The summed E-state index contributed by atoms with van der Waals surface area (Å²) in [6, 6.07) is 3.35. The molecule has 3 N–H and O–H groups in total. The molecule has 1 fully saturated rings. The Hall–Kier alpha value is -3.19. The maximum absolute atomic E-state index is 13.1.